The summed E-state index contributed by atoms with van der Waals surface area (Å²) in [4.78, 5) is 14.0. The molecule has 6 nitrogen and oxygen atoms in total. The second-order valence-corrected chi connectivity index (χ2v) is 4.83. The summed E-state index contributed by atoms with van der Waals surface area (Å²) in [5.74, 6) is 1.00. The molecule has 1 aromatic rings. The Balaban J connectivity index is 2.07. The molecule has 1 unspecified atom stereocenters. The van der Waals surface area contributed by atoms with Crippen molar-refractivity contribution < 1.29 is 24.1 Å². The van der Waals surface area contributed by atoms with Gasteiger partial charge in [-0.25, -0.2) is 0 Å². The summed E-state index contributed by atoms with van der Waals surface area (Å²) in [7, 11) is 1.56. The molecule has 1 aliphatic heterocycles. The highest BCUT2D eigenvalue weighted by atomic mass is 16.5. The van der Waals surface area contributed by atoms with Gasteiger partial charge in [-0.05, 0) is 19.1 Å². The van der Waals surface area contributed by atoms with Gasteiger partial charge < -0.3 is 24.2 Å². The van der Waals surface area contributed by atoms with E-state index in [-0.39, 0.29) is 12.5 Å². The van der Waals surface area contributed by atoms with Crippen LogP contribution in [-0.2, 0) is 16.1 Å². The molecule has 1 fully saturated rings. The maximum Gasteiger partial charge on any atom is 0.263 e. The van der Waals surface area contributed by atoms with E-state index in [4.69, 9.17) is 14.2 Å². The number of hydrogen-bond donors (Lipinski definition) is 1. The van der Waals surface area contributed by atoms with Crippen molar-refractivity contribution in [2.24, 2.45) is 0 Å². The topological polar surface area (TPSA) is 68.2 Å². The maximum atomic E-state index is 12.3. The average molecular weight is 295 g/mol. The Bertz CT molecular complexity index is 485. The number of amides is 1. The highest BCUT2D eigenvalue weighted by Crippen LogP contribution is 2.26. The minimum absolute atomic E-state index is 0.0787. The van der Waals surface area contributed by atoms with Crippen molar-refractivity contribution in [3.63, 3.8) is 0 Å². The smallest absolute Gasteiger partial charge is 0.263 e. The van der Waals surface area contributed by atoms with Gasteiger partial charge >= 0.3 is 0 Å². The summed E-state index contributed by atoms with van der Waals surface area (Å²) < 4.78 is 16.1. The van der Waals surface area contributed by atoms with Crippen LogP contribution in [0.15, 0.2) is 18.2 Å². The minimum atomic E-state index is -0.625. The first-order valence-corrected chi connectivity index (χ1v) is 6.96. The standard InChI is InChI=1S/C15H21NO5/c1-11(15(18)16-5-7-20-8-6-16)21-14-9-13(19-2)4-3-12(14)10-17/h3-4,9,11,17H,5-8,10H2,1-2H3. The Hall–Kier alpha value is -1.79. The molecule has 0 aliphatic carbocycles. The molecule has 6 heteroatoms. The predicted octanol–water partition coefficient (Wildman–Crippen LogP) is 0.814. The lowest BCUT2D eigenvalue weighted by atomic mass is 10.2. The van der Waals surface area contributed by atoms with E-state index in [1.54, 1.807) is 37.1 Å². The van der Waals surface area contributed by atoms with Gasteiger partial charge in [-0.2, -0.15) is 0 Å². The Kier molecular flexibility index (Phi) is 5.41. The predicted molar refractivity (Wildman–Crippen MR) is 76.4 cm³/mol. The zero-order valence-corrected chi connectivity index (χ0v) is 12.4. The van der Waals surface area contributed by atoms with E-state index in [0.29, 0.717) is 43.4 Å². The summed E-state index contributed by atoms with van der Waals surface area (Å²) in [5.41, 5.74) is 0.623. The fourth-order valence-corrected chi connectivity index (χ4v) is 2.18. The van der Waals surface area contributed by atoms with Crippen LogP contribution in [0.4, 0.5) is 0 Å². The van der Waals surface area contributed by atoms with Gasteiger partial charge in [0.15, 0.2) is 6.10 Å². The van der Waals surface area contributed by atoms with E-state index in [1.807, 2.05) is 0 Å². The van der Waals surface area contributed by atoms with Gasteiger partial charge in [0.25, 0.3) is 5.91 Å². The van der Waals surface area contributed by atoms with Gasteiger partial charge in [0.1, 0.15) is 11.5 Å². The normalized spacial score (nSPS) is 16.4. The number of morpholine rings is 1. The SMILES string of the molecule is COc1ccc(CO)c(OC(C)C(=O)N2CCOCC2)c1. The summed E-state index contributed by atoms with van der Waals surface area (Å²) in [6, 6.07) is 5.14. The van der Waals surface area contributed by atoms with E-state index < -0.39 is 6.10 Å². The Morgan fingerprint density at radius 2 is 2.14 bits per heavy atom. The number of aliphatic hydroxyl groups excluding tert-OH is 1. The van der Waals surface area contributed by atoms with Gasteiger partial charge in [0.05, 0.1) is 26.9 Å². The fraction of sp³-hybridized carbons (Fsp3) is 0.533. The van der Waals surface area contributed by atoms with Gasteiger partial charge in [-0.3, -0.25) is 4.79 Å². The number of benzene rings is 1. The molecule has 0 bridgehead atoms. The molecule has 1 N–H and O–H groups in total. The van der Waals surface area contributed by atoms with Crippen LogP contribution in [0, 0.1) is 0 Å². The van der Waals surface area contributed by atoms with Crippen LogP contribution in [0.3, 0.4) is 0 Å². The van der Waals surface area contributed by atoms with Gasteiger partial charge in [-0.1, -0.05) is 0 Å². The highest BCUT2D eigenvalue weighted by molar-refractivity contribution is 5.81. The molecule has 1 aliphatic rings. The van der Waals surface area contributed by atoms with Crippen LogP contribution in [0.1, 0.15) is 12.5 Å². The van der Waals surface area contributed by atoms with E-state index in [0.717, 1.165) is 0 Å². The van der Waals surface area contributed by atoms with Crippen LogP contribution in [-0.4, -0.2) is 55.4 Å². The fourth-order valence-electron chi connectivity index (χ4n) is 2.18. The second-order valence-electron chi connectivity index (χ2n) is 4.83. The Morgan fingerprint density at radius 3 is 2.76 bits per heavy atom. The average Bonchev–Trinajstić information content (AvgIpc) is 2.54. The third-order valence-corrected chi connectivity index (χ3v) is 3.42. The lowest BCUT2D eigenvalue weighted by Crippen LogP contribution is -2.46. The molecule has 116 valence electrons. The van der Waals surface area contributed by atoms with Crippen molar-refractivity contribution >= 4 is 5.91 Å². The maximum absolute atomic E-state index is 12.3. The molecular weight excluding hydrogens is 274 g/mol. The van der Waals surface area contributed by atoms with Gasteiger partial charge in [-0.15, -0.1) is 0 Å². The van der Waals surface area contributed by atoms with E-state index in [9.17, 15) is 9.90 Å². The van der Waals surface area contributed by atoms with Crippen molar-refractivity contribution in [1.82, 2.24) is 4.90 Å². The van der Waals surface area contributed by atoms with Crippen molar-refractivity contribution in [2.45, 2.75) is 19.6 Å². The number of carbonyl (C=O) groups is 1. The third-order valence-electron chi connectivity index (χ3n) is 3.42. The zero-order chi connectivity index (χ0) is 15.2. The molecule has 2 rings (SSSR count). The van der Waals surface area contributed by atoms with Gasteiger partial charge in [0, 0.05) is 24.7 Å². The number of carbonyl (C=O) groups excluding carboxylic acids is 1. The molecule has 1 saturated heterocycles. The molecule has 1 heterocycles. The number of rotatable bonds is 5. The van der Waals surface area contributed by atoms with Crippen molar-refractivity contribution in [1.29, 1.82) is 0 Å². The monoisotopic (exact) mass is 295 g/mol. The Labute approximate surface area is 124 Å². The molecule has 0 spiro atoms. The molecular formula is C15H21NO5. The minimum Gasteiger partial charge on any atom is -0.497 e. The summed E-state index contributed by atoms with van der Waals surface area (Å²) >= 11 is 0. The van der Waals surface area contributed by atoms with Crippen molar-refractivity contribution in [3.8, 4) is 11.5 Å². The molecule has 0 radical (unpaired) electrons. The van der Waals surface area contributed by atoms with Crippen LogP contribution in [0.2, 0.25) is 0 Å². The number of ether oxygens (including phenoxy) is 3. The molecule has 0 aromatic heterocycles. The molecule has 1 aromatic carbocycles. The first-order valence-electron chi connectivity index (χ1n) is 6.96. The highest BCUT2D eigenvalue weighted by Gasteiger charge is 2.24. The third kappa shape index (κ3) is 3.86. The first-order chi connectivity index (χ1) is 10.2. The summed E-state index contributed by atoms with van der Waals surface area (Å²) in [6.07, 6.45) is -0.625. The van der Waals surface area contributed by atoms with Crippen LogP contribution < -0.4 is 9.47 Å². The molecule has 1 atom stereocenters. The van der Waals surface area contributed by atoms with Crippen LogP contribution in [0.25, 0.3) is 0 Å². The van der Waals surface area contributed by atoms with E-state index in [2.05, 4.69) is 0 Å². The first kappa shape index (κ1) is 15.6. The molecule has 1 amide bonds. The van der Waals surface area contributed by atoms with Crippen molar-refractivity contribution in [2.75, 3.05) is 33.4 Å². The largest absolute Gasteiger partial charge is 0.497 e. The summed E-state index contributed by atoms with van der Waals surface area (Å²) in [6.45, 7) is 3.82. The second kappa shape index (κ2) is 7.28. The van der Waals surface area contributed by atoms with E-state index in [1.165, 1.54) is 0 Å². The number of hydrogen-bond acceptors (Lipinski definition) is 5. The summed E-state index contributed by atoms with van der Waals surface area (Å²) in [5, 5.41) is 9.35. The number of aliphatic hydroxyl groups is 1. The van der Waals surface area contributed by atoms with E-state index >= 15 is 0 Å². The lowest BCUT2D eigenvalue weighted by Gasteiger charge is -2.29. The lowest BCUT2D eigenvalue weighted by molar-refractivity contribution is -0.142. The quantitative estimate of drug-likeness (QED) is 0.871. The molecule has 21 heavy (non-hydrogen) atoms. The number of methoxy groups -OCH3 is 1. The Morgan fingerprint density at radius 1 is 1.43 bits per heavy atom. The number of nitrogens with zero attached hydrogens (tertiary/aromatic N) is 1. The van der Waals surface area contributed by atoms with Gasteiger partial charge in [0.2, 0.25) is 0 Å². The van der Waals surface area contributed by atoms with Crippen molar-refractivity contribution in [3.05, 3.63) is 23.8 Å². The molecule has 0 saturated carbocycles. The van der Waals surface area contributed by atoms with Crippen LogP contribution in [0.5, 0.6) is 11.5 Å². The zero-order valence-electron chi connectivity index (χ0n) is 12.4. The van der Waals surface area contributed by atoms with Crippen LogP contribution >= 0.6 is 0 Å².